The topological polar surface area (TPSA) is 182 Å². The van der Waals surface area contributed by atoms with E-state index in [9.17, 15) is 19.2 Å². The molecule has 4 N–H and O–H groups in total. The molecular weight excluding hydrogens is 574 g/mol. The van der Waals surface area contributed by atoms with E-state index in [2.05, 4.69) is 15.8 Å². The lowest BCUT2D eigenvalue weighted by atomic mass is 10.1. The van der Waals surface area contributed by atoms with Crippen LogP contribution in [0.15, 0.2) is 40.9 Å². The van der Waals surface area contributed by atoms with Gasteiger partial charge in [-0.1, -0.05) is 5.16 Å². The Balaban J connectivity index is 1.43. The van der Waals surface area contributed by atoms with Gasteiger partial charge in [0.05, 0.1) is 38.8 Å². The van der Waals surface area contributed by atoms with E-state index in [-0.39, 0.29) is 30.4 Å². The van der Waals surface area contributed by atoms with Crippen LogP contribution in [0.5, 0.6) is 17.2 Å². The fourth-order valence-electron chi connectivity index (χ4n) is 4.38. The second kappa shape index (κ2) is 16.0. The maximum absolute atomic E-state index is 13.0. The highest BCUT2D eigenvalue weighted by Gasteiger charge is 2.23. The fourth-order valence-corrected chi connectivity index (χ4v) is 4.38. The summed E-state index contributed by atoms with van der Waals surface area (Å²) in [5.74, 6) is 0.521. The van der Waals surface area contributed by atoms with Crippen molar-refractivity contribution in [2.75, 3.05) is 38.7 Å². The Kier molecular flexibility index (Phi) is 12.2. The van der Waals surface area contributed by atoms with Crippen LogP contribution in [0.3, 0.4) is 0 Å². The molecule has 0 aliphatic rings. The first-order valence-electron chi connectivity index (χ1n) is 14.2. The highest BCUT2D eigenvalue weighted by molar-refractivity contribution is 6.01. The van der Waals surface area contributed by atoms with E-state index in [0.29, 0.717) is 59.8 Å². The second-order valence-electron chi connectivity index (χ2n) is 10.3. The van der Waals surface area contributed by atoms with E-state index in [4.69, 9.17) is 23.8 Å². The molecule has 1 aromatic heterocycles. The van der Waals surface area contributed by atoms with Crippen molar-refractivity contribution in [3.05, 3.63) is 42.0 Å². The number of amides is 4. The van der Waals surface area contributed by atoms with Gasteiger partial charge in [0.1, 0.15) is 5.75 Å². The summed E-state index contributed by atoms with van der Waals surface area (Å²) in [6, 6.07) is 10.4. The number of methoxy groups -OCH3 is 1. The van der Waals surface area contributed by atoms with E-state index < -0.39 is 24.5 Å². The molecule has 1 heterocycles. The van der Waals surface area contributed by atoms with Crippen molar-refractivity contribution >= 4 is 40.6 Å². The van der Waals surface area contributed by atoms with E-state index in [1.807, 2.05) is 37.9 Å². The molecular formula is C30H39N5O9. The van der Waals surface area contributed by atoms with Crippen LogP contribution in [0, 0.1) is 0 Å². The highest BCUT2D eigenvalue weighted by atomic mass is 16.5. The highest BCUT2D eigenvalue weighted by Crippen LogP contribution is 2.30. The van der Waals surface area contributed by atoms with Gasteiger partial charge in [-0.05, 0) is 70.9 Å². The summed E-state index contributed by atoms with van der Waals surface area (Å²) in [7, 11) is 1.54. The Morgan fingerprint density at radius 1 is 0.886 bits per heavy atom. The molecule has 0 saturated heterocycles. The summed E-state index contributed by atoms with van der Waals surface area (Å²) in [5, 5.41) is 19.6. The summed E-state index contributed by atoms with van der Waals surface area (Å²) in [4.78, 5) is 48.9. The van der Waals surface area contributed by atoms with Crippen molar-refractivity contribution in [1.82, 2.24) is 20.7 Å². The Morgan fingerprint density at radius 3 is 2.23 bits per heavy atom. The number of nitrogens with one attached hydrogen (secondary N) is 3. The standard InChI is InChI=1S/C30H39N5O9/c1-18(2)35(19(3)4)29(38)20-8-11-23(25(14-20)41-5)43-13-7-6-12-42-21-9-10-22-24(15-21)44-34-28(22)33-27(37)17-31-26(36)16-32-30(39)40/h8-11,14-15,18-19,32H,6-7,12-13,16-17H2,1-5H3,(H,31,36)(H,39,40)(H,33,34,37). The summed E-state index contributed by atoms with van der Waals surface area (Å²) in [6.45, 7) is 7.97. The number of carboxylic acid groups (broad SMARTS) is 1. The normalized spacial score (nSPS) is 10.9. The monoisotopic (exact) mass is 613 g/mol. The quantitative estimate of drug-likeness (QED) is 0.174. The lowest BCUT2D eigenvalue weighted by Gasteiger charge is -2.31. The fraction of sp³-hybridized carbons (Fsp3) is 0.433. The van der Waals surface area contributed by atoms with Crippen molar-refractivity contribution in [3.63, 3.8) is 0 Å². The van der Waals surface area contributed by atoms with Crippen molar-refractivity contribution in [3.8, 4) is 17.2 Å². The third-order valence-corrected chi connectivity index (χ3v) is 6.37. The number of carbonyl (C=O) groups is 4. The van der Waals surface area contributed by atoms with E-state index in [1.165, 1.54) is 0 Å². The largest absolute Gasteiger partial charge is 0.493 e. The van der Waals surface area contributed by atoms with E-state index in [1.54, 1.807) is 43.5 Å². The van der Waals surface area contributed by atoms with E-state index in [0.717, 1.165) is 0 Å². The minimum atomic E-state index is -1.34. The number of hydrogen-bond acceptors (Lipinski definition) is 9. The van der Waals surface area contributed by atoms with Gasteiger partial charge in [-0.2, -0.15) is 0 Å². The van der Waals surface area contributed by atoms with Gasteiger partial charge in [0.2, 0.25) is 11.8 Å². The molecule has 44 heavy (non-hydrogen) atoms. The molecule has 3 rings (SSSR count). The summed E-state index contributed by atoms with van der Waals surface area (Å²) >= 11 is 0. The molecule has 0 radical (unpaired) electrons. The average molecular weight is 614 g/mol. The molecule has 0 bridgehead atoms. The zero-order chi connectivity index (χ0) is 32.2. The van der Waals surface area contributed by atoms with Gasteiger partial charge < -0.3 is 44.7 Å². The molecule has 3 aromatic rings. The molecule has 0 aliphatic carbocycles. The first-order chi connectivity index (χ1) is 21.0. The number of ether oxygens (including phenoxy) is 3. The van der Waals surface area contributed by atoms with Crippen molar-refractivity contribution in [1.29, 1.82) is 0 Å². The molecule has 0 fully saturated rings. The maximum Gasteiger partial charge on any atom is 0.405 e. The van der Waals surface area contributed by atoms with Crippen molar-refractivity contribution in [2.24, 2.45) is 0 Å². The summed E-state index contributed by atoms with van der Waals surface area (Å²) < 4.78 is 22.5. The molecule has 0 atom stereocenters. The van der Waals surface area contributed by atoms with Gasteiger partial charge in [-0.3, -0.25) is 14.4 Å². The number of rotatable bonds is 16. The minimum Gasteiger partial charge on any atom is -0.493 e. The van der Waals surface area contributed by atoms with Crippen LogP contribution in [0.4, 0.5) is 10.6 Å². The Bertz CT molecular complexity index is 1450. The third kappa shape index (κ3) is 9.51. The number of anilines is 1. The smallest absolute Gasteiger partial charge is 0.405 e. The van der Waals surface area contributed by atoms with Gasteiger partial charge >= 0.3 is 6.09 Å². The third-order valence-electron chi connectivity index (χ3n) is 6.37. The van der Waals surface area contributed by atoms with Crippen molar-refractivity contribution < 1.29 is 43.0 Å². The molecule has 4 amide bonds. The first-order valence-corrected chi connectivity index (χ1v) is 14.2. The van der Waals surface area contributed by atoms with Gasteiger partial charge in [0.15, 0.2) is 22.9 Å². The zero-order valence-corrected chi connectivity index (χ0v) is 25.5. The van der Waals surface area contributed by atoms with Gasteiger partial charge in [-0.25, -0.2) is 4.79 Å². The molecule has 14 heteroatoms. The molecule has 0 aliphatic heterocycles. The SMILES string of the molecule is COc1cc(C(=O)N(C(C)C)C(C)C)ccc1OCCCCOc1ccc2c(NC(=O)CNC(=O)CNC(=O)O)noc2c1. The number of benzene rings is 2. The lowest BCUT2D eigenvalue weighted by molar-refractivity contribution is -0.123. The Labute approximate surface area is 255 Å². The van der Waals surface area contributed by atoms with Gasteiger partial charge in [0, 0.05) is 23.7 Å². The average Bonchev–Trinajstić information content (AvgIpc) is 3.37. The maximum atomic E-state index is 13.0. The predicted octanol–water partition coefficient (Wildman–Crippen LogP) is 3.66. The summed E-state index contributed by atoms with van der Waals surface area (Å²) in [6.07, 6.45) is 0.0762. The minimum absolute atomic E-state index is 0.0591. The van der Waals surface area contributed by atoms with Crippen LogP contribution in [0.25, 0.3) is 11.0 Å². The number of fused-ring (bicyclic) bond motifs is 1. The molecule has 2 aromatic carbocycles. The van der Waals surface area contributed by atoms with Crippen molar-refractivity contribution in [2.45, 2.75) is 52.6 Å². The van der Waals surface area contributed by atoms with Crippen LogP contribution in [0.2, 0.25) is 0 Å². The van der Waals surface area contributed by atoms with Crippen LogP contribution in [0.1, 0.15) is 50.9 Å². The molecule has 0 saturated carbocycles. The first kappa shape index (κ1) is 33.5. The lowest BCUT2D eigenvalue weighted by Crippen LogP contribution is -2.42. The number of hydrogen-bond donors (Lipinski definition) is 4. The van der Waals surface area contributed by atoms with Crippen LogP contribution >= 0.6 is 0 Å². The summed E-state index contributed by atoms with van der Waals surface area (Å²) in [5.41, 5.74) is 0.939. The van der Waals surface area contributed by atoms with Crippen LogP contribution in [-0.2, 0) is 9.59 Å². The van der Waals surface area contributed by atoms with Crippen LogP contribution < -0.4 is 30.2 Å². The van der Waals surface area contributed by atoms with Gasteiger partial charge in [-0.15, -0.1) is 0 Å². The Hall–Kier alpha value is -5.01. The second-order valence-corrected chi connectivity index (χ2v) is 10.3. The number of nitrogens with zero attached hydrogens (tertiary/aromatic N) is 2. The number of unbranched alkanes of at least 4 members (excludes halogenated alkanes) is 1. The van der Waals surface area contributed by atoms with E-state index >= 15 is 0 Å². The zero-order valence-electron chi connectivity index (χ0n) is 25.5. The molecule has 238 valence electrons. The van der Waals surface area contributed by atoms with Gasteiger partial charge in [0.25, 0.3) is 5.91 Å². The predicted molar refractivity (Wildman–Crippen MR) is 161 cm³/mol. The molecule has 0 spiro atoms. The molecule has 0 unspecified atom stereocenters. The Morgan fingerprint density at radius 2 is 1.57 bits per heavy atom. The van der Waals surface area contributed by atoms with Crippen LogP contribution in [-0.4, -0.2) is 84.5 Å². The number of carbonyl (C=O) groups excluding carboxylic acids is 3. The number of aromatic nitrogens is 1. The molecule has 14 nitrogen and oxygen atoms in total.